The number of benzene rings is 2. The molecule has 3 aromatic rings. The summed E-state index contributed by atoms with van der Waals surface area (Å²) in [5.74, 6) is 0.841. The number of nitrogens with zero attached hydrogens (tertiary/aromatic N) is 2. The molecule has 0 saturated carbocycles. The van der Waals surface area contributed by atoms with Crippen LogP contribution < -0.4 is 4.74 Å². The number of unbranched alkanes of at least 4 members (excludes halogenated alkanes) is 3. The Labute approximate surface area is 194 Å². The van der Waals surface area contributed by atoms with Crippen LogP contribution in [0.5, 0.6) is 5.75 Å². The van der Waals surface area contributed by atoms with Crippen molar-refractivity contribution in [3.63, 3.8) is 0 Å². The molecule has 1 aliphatic rings. The predicted octanol–water partition coefficient (Wildman–Crippen LogP) is 6.64. The number of aromatic amines is 1. The molecule has 1 atom stereocenters. The third kappa shape index (κ3) is 4.53. The quantitative estimate of drug-likeness (QED) is 0.351. The first-order valence-corrected chi connectivity index (χ1v) is 11.9. The second-order valence-corrected chi connectivity index (χ2v) is 8.69. The largest absolute Gasteiger partial charge is 0.494 e. The minimum absolute atomic E-state index is 0.00567. The molecule has 0 saturated heterocycles. The zero-order chi connectivity index (χ0) is 22.5. The summed E-state index contributed by atoms with van der Waals surface area (Å²) in [5, 5.41) is 8.22. The fourth-order valence-corrected chi connectivity index (χ4v) is 4.37. The Bertz CT molecular complexity index is 1060. The topological polar surface area (TPSA) is 58.2 Å². The van der Waals surface area contributed by atoms with Gasteiger partial charge in [-0.2, -0.15) is 5.10 Å². The highest BCUT2D eigenvalue weighted by molar-refractivity contribution is 6.30. The molecule has 6 heteroatoms. The summed E-state index contributed by atoms with van der Waals surface area (Å²) in [7, 11) is 0. The van der Waals surface area contributed by atoms with Crippen LogP contribution in [0.25, 0.3) is 11.3 Å². The Morgan fingerprint density at radius 1 is 1.06 bits per heavy atom. The molecule has 5 nitrogen and oxygen atoms in total. The third-order valence-electron chi connectivity index (χ3n) is 5.92. The molecular formula is C26H30ClN3O2. The van der Waals surface area contributed by atoms with Gasteiger partial charge in [-0.3, -0.25) is 9.89 Å². The fourth-order valence-electron chi connectivity index (χ4n) is 4.24. The highest BCUT2D eigenvalue weighted by atomic mass is 35.5. The van der Waals surface area contributed by atoms with Crippen molar-refractivity contribution < 1.29 is 9.53 Å². The van der Waals surface area contributed by atoms with Crippen LogP contribution in [-0.4, -0.2) is 34.2 Å². The SMILES string of the molecule is CCCCCN1C(=O)c2[nH]nc(-c3ccc(Cl)cc3)c2C1c1cccc(OCCCC)c1. The Balaban J connectivity index is 1.74. The molecule has 0 aliphatic carbocycles. The van der Waals surface area contributed by atoms with Gasteiger partial charge in [0.05, 0.1) is 18.3 Å². The van der Waals surface area contributed by atoms with Crippen LogP contribution in [0.1, 0.15) is 73.6 Å². The van der Waals surface area contributed by atoms with Gasteiger partial charge < -0.3 is 9.64 Å². The maximum absolute atomic E-state index is 13.4. The summed E-state index contributed by atoms with van der Waals surface area (Å²) in [6.45, 7) is 5.72. The maximum Gasteiger partial charge on any atom is 0.273 e. The normalized spacial score (nSPS) is 15.3. The molecule has 2 aromatic carbocycles. The minimum Gasteiger partial charge on any atom is -0.494 e. The van der Waals surface area contributed by atoms with Crippen LogP contribution in [0, 0.1) is 0 Å². The monoisotopic (exact) mass is 451 g/mol. The van der Waals surface area contributed by atoms with Gasteiger partial charge in [0.15, 0.2) is 0 Å². The van der Waals surface area contributed by atoms with E-state index in [1.54, 1.807) is 0 Å². The number of rotatable bonds is 10. The second kappa shape index (κ2) is 10.2. The Morgan fingerprint density at radius 2 is 1.84 bits per heavy atom. The van der Waals surface area contributed by atoms with Gasteiger partial charge in [0.1, 0.15) is 11.4 Å². The van der Waals surface area contributed by atoms with E-state index in [0.717, 1.165) is 60.2 Å². The summed E-state index contributed by atoms with van der Waals surface area (Å²) < 4.78 is 5.96. The second-order valence-electron chi connectivity index (χ2n) is 8.25. The van der Waals surface area contributed by atoms with E-state index < -0.39 is 0 Å². The van der Waals surface area contributed by atoms with Crippen LogP contribution in [0.4, 0.5) is 0 Å². The molecule has 0 fully saturated rings. The molecule has 4 rings (SSSR count). The van der Waals surface area contributed by atoms with Crippen LogP contribution in [-0.2, 0) is 0 Å². The van der Waals surface area contributed by atoms with Crippen molar-refractivity contribution in [3.05, 3.63) is 70.4 Å². The van der Waals surface area contributed by atoms with E-state index in [1.807, 2.05) is 41.3 Å². The van der Waals surface area contributed by atoms with Crippen molar-refractivity contribution in [1.29, 1.82) is 0 Å². The molecule has 1 amide bonds. The van der Waals surface area contributed by atoms with Crippen molar-refractivity contribution in [2.24, 2.45) is 0 Å². The number of carbonyl (C=O) groups is 1. The summed E-state index contributed by atoms with van der Waals surface area (Å²) in [5.41, 5.74) is 4.29. The van der Waals surface area contributed by atoms with Crippen LogP contribution in [0.15, 0.2) is 48.5 Å². The number of aromatic nitrogens is 2. The molecule has 0 radical (unpaired) electrons. The fraction of sp³-hybridized carbons (Fsp3) is 0.385. The van der Waals surface area contributed by atoms with Gasteiger partial charge in [-0.25, -0.2) is 0 Å². The zero-order valence-corrected chi connectivity index (χ0v) is 19.5. The number of hydrogen-bond donors (Lipinski definition) is 1. The molecule has 1 unspecified atom stereocenters. The highest BCUT2D eigenvalue weighted by Crippen LogP contribution is 2.43. The summed E-state index contributed by atoms with van der Waals surface area (Å²) in [6.07, 6.45) is 5.27. The lowest BCUT2D eigenvalue weighted by Crippen LogP contribution is -2.30. The van der Waals surface area contributed by atoms with Crippen molar-refractivity contribution in [2.75, 3.05) is 13.2 Å². The smallest absolute Gasteiger partial charge is 0.273 e. The Hall–Kier alpha value is -2.79. The van der Waals surface area contributed by atoms with Gasteiger partial charge in [0.2, 0.25) is 0 Å². The highest BCUT2D eigenvalue weighted by Gasteiger charge is 2.41. The number of nitrogens with one attached hydrogen (secondary N) is 1. The van der Waals surface area contributed by atoms with Crippen molar-refractivity contribution in [3.8, 4) is 17.0 Å². The number of carbonyl (C=O) groups excluding carboxylic acids is 1. The van der Waals surface area contributed by atoms with E-state index in [0.29, 0.717) is 23.9 Å². The molecule has 1 aliphatic heterocycles. The molecule has 0 bridgehead atoms. The van der Waals surface area contributed by atoms with Gasteiger partial charge in [-0.05, 0) is 42.7 Å². The predicted molar refractivity (Wildman–Crippen MR) is 128 cm³/mol. The van der Waals surface area contributed by atoms with E-state index in [4.69, 9.17) is 16.3 Å². The number of fused-ring (bicyclic) bond motifs is 1. The van der Waals surface area contributed by atoms with Crippen molar-refractivity contribution >= 4 is 17.5 Å². The molecule has 168 valence electrons. The van der Waals surface area contributed by atoms with Gasteiger partial charge in [0.25, 0.3) is 5.91 Å². The number of halogens is 1. The first kappa shape index (κ1) is 22.4. The van der Waals surface area contributed by atoms with E-state index in [9.17, 15) is 4.79 Å². The standard InChI is InChI=1S/C26H30ClN3O2/c1-3-5-7-15-30-25(19-9-8-10-21(17-19)32-16-6-4-2)22-23(28-29-24(22)26(30)31)18-11-13-20(27)14-12-18/h8-14,17,25H,3-7,15-16H2,1-2H3,(H,28,29). The number of hydrogen-bond acceptors (Lipinski definition) is 3. The minimum atomic E-state index is -0.200. The third-order valence-corrected chi connectivity index (χ3v) is 6.18. The van der Waals surface area contributed by atoms with Crippen LogP contribution in [0.2, 0.25) is 5.02 Å². The number of ether oxygens (including phenoxy) is 1. The van der Waals surface area contributed by atoms with Crippen LogP contribution in [0.3, 0.4) is 0 Å². The van der Waals surface area contributed by atoms with E-state index in [2.05, 4.69) is 36.2 Å². The van der Waals surface area contributed by atoms with Gasteiger partial charge >= 0.3 is 0 Å². The maximum atomic E-state index is 13.4. The van der Waals surface area contributed by atoms with E-state index in [-0.39, 0.29) is 11.9 Å². The lowest BCUT2D eigenvalue weighted by molar-refractivity contribution is 0.0740. The summed E-state index contributed by atoms with van der Waals surface area (Å²) in [6, 6.07) is 15.5. The molecule has 1 N–H and O–H groups in total. The van der Waals surface area contributed by atoms with Gasteiger partial charge in [-0.15, -0.1) is 0 Å². The number of amides is 1. The Morgan fingerprint density at radius 3 is 2.59 bits per heavy atom. The van der Waals surface area contributed by atoms with Crippen LogP contribution >= 0.6 is 11.6 Å². The van der Waals surface area contributed by atoms with E-state index >= 15 is 0 Å². The van der Waals surface area contributed by atoms with Crippen molar-refractivity contribution in [1.82, 2.24) is 15.1 Å². The van der Waals surface area contributed by atoms with E-state index in [1.165, 1.54) is 0 Å². The zero-order valence-electron chi connectivity index (χ0n) is 18.7. The average molecular weight is 452 g/mol. The summed E-state index contributed by atoms with van der Waals surface area (Å²) >= 11 is 6.10. The summed E-state index contributed by atoms with van der Waals surface area (Å²) in [4.78, 5) is 15.3. The first-order chi connectivity index (χ1) is 15.6. The molecular weight excluding hydrogens is 422 g/mol. The lowest BCUT2D eigenvalue weighted by Gasteiger charge is -2.26. The molecule has 32 heavy (non-hydrogen) atoms. The van der Waals surface area contributed by atoms with Gasteiger partial charge in [-0.1, -0.05) is 69.0 Å². The molecule has 2 heterocycles. The molecule has 1 aromatic heterocycles. The van der Waals surface area contributed by atoms with Gasteiger partial charge in [0, 0.05) is 22.7 Å². The lowest BCUT2D eigenvalue weighted by atomic mass is 9.96. The number of H-pyrrole nitrogens is 1. The average Bonchev–Trinajstić information content (AvgIpc) is 3.34. The first-order valence-electron chi connectivity index (χ1n) is 11.5. The Kier molecular flexibility index (Phi) is 7.15. The van der Waals surface area contributed by atoms with Crippen molar-refractivity contribution in [2.45, 2.75) is 52.0 Å². The molecule has 0 spiro atoms.